The summed E-state index contributed by atoms with van der Waals surface area (Å²) in [5.74, 6) is 1.22. The fourth-order valence-electron chi connectivity index (χ4n) is 3.05. The number of aromatic nitrogens is 2. The van der Waals surface area contributed by atoms with E-state index in [0.717, 1.165) is 22.6 Å². The lowest BCUT2D eigenvalue weighted by atomic mass is 10.1. The molecule has 2 aromatic rings. The van der Waals surface area contributed by atoms with Gasteiger partial charge in [0.25, 0.3) is 0 Å². The molecular formula is C18H21FN4O2. The summed E-state index contributed by atoms with van der Waals surface area (Å²) in [4.78, 5) is 24.0. The highest BCUT2D eigenvalue weighted by Gasteiger charge is 2.23. The van der Waals surface area contributed by atoms with Gasteiger partial charge < -0.3 is 14.9 Å². The summed E-state index contributed by atoms with van der Waals surface area (Å²) in [5.41, 5.74) is 2.85. The van der Waals surface area contributed by atoms with Gasteiger partial charge in [0.15, 0.2) is 0 Å². The van der Waals surface area contributed by atoms with E-state index in [9.17, 15) is 14.3 Å². The minimum Gasteiger partial charge on any atom is -0.465 e. The van der Waals surface area contributed by atoms with Crippen molar-refractivity contribution in [3.05, 3.63) is 52.7 Å². The minimum atomic E-state index is -0.904. The van der Waals surface area contributed by atoms with Crippen LogP contribution in [0.5, 0.6) is 0 Å². The fraction of sp³-hybridized carbons (Fsp3) is 0.389. The number of hydrogen-bond donors (Lipinski definition) is 1. The molecular weight excluding hydrogens is 323 g/mol. The Bertz CT molecular complexity index is 777. The van der Waals surface area contributed by atoms with Crippen LogP contribution in [0, 0.1) is 5.82 Å². The molecule has 25 heavy (non-hydrogen) atoms. The lowest BCUT2D eigenvalue weighted by Gasteiger charge is -2.19. The fourth-order valence-corrected chi connectivity index (χ4v) is 3.05. The van der Waals surface area contributed by atoms with Crippen LogP contribution in [0.25, 0.3) is 0 Å². The molecule has 132 valence electrons. The molecule has 0 radical (unpaired) electrons. The zero-order valence-electron chi connectivity index (χ0n) is 14.4. The third kappa shape index (κ3) is 3.87. The summed E-state index contributed by atoms with van der Waals surface area (Å²) in [5, 5.41) is 9.24. The van der Waals surface area contributed by atoms with E-state index in [4.69, 9.17) is 0 Å². The molecule has 1 aromatic heterocycles. The van der Waals surface area contributed by atoms with E-state index >= 15 is 0 Å². The summed E-state index contributed by atoms with van der Waals surface area (Å²) in [6.45, 7) is 0.881. The van der Waals surface area contributed by atoms with Crippen molar-refractivity contribution in [2.24, 2.45) is 0 Å². The molecule has 1 aliphatic rings. The van der Waals surface area contributed by atoms with E-state index in [1.54, 1.807) is 12.1 Å². The number of benzene rings is 1. The molecule has 0 saturated carbocycles. The maximum Gasteiger partial charge on any atom is 0.407 e. The van der Waals surface area contributed by atoms with Crippen LogP contribution in [0.15, 0.2) is 24.3 Å². The lowest BCUT2D eigenvalue weighted by Crippen LogP contribution is -2.31. The Hall–Kier alpha value is -2.70. The number of nitrogens with zero attached hydrogens (tertiary/aromatic N) is 4. The first-order valence-electron chi connectivity index (χ1n) is 8.22. The highest BCUT2D eigenvalue weighted by Crippen LogP contribution is 2.24. The second-order valence-corrected chi connectivity index (χ2v) is 6.36. The van der Waals surface area contributed by atoms with E-state index in [1.807, 2.05) is 19.0 Å². The maximum absolute atomic E-state index is 13.1. The molecule has 3 rings (SSSR count). The van der Waals surface area contributed by atoms with Crippen LogP contribution in [0.3, 0.4) is 0 Å². The normalized spacial score (nSPS) is 14.0. The molecule has 0 atom stereocenters. The molecule has 1 aliphatic heterocycles. The average molecular weight is 344 g/mol. The number of halogens is 1. The standard InChI is InChI=1S/C18H21FN4O2/c1-22(2)17-14-7-9-23(18(24)25)10-8-15(14)20-16(21-17)11-12-3-5-13(19)6-4-12/h3-6H,7-11H2,1-2H3,(H,24,25). The Morgan fingerprint density at radius 1 is 1.20 bits per heavy atom. The molecule has 0 aliphatic carbocycles. The second kappa shape index (κ2) is 7.04. The monoisotopic (exact) mass is 344 g/mol. The van der Waals surface area contributed by atoms with Crippen LogP contribution < -0.4 is 4.90 Å². The molecule has 6 nitrogen and oxygen atoms in total. The Morgan fingerprint density at radius 3 is 2.52 bits per heavy atom. The molecule has 0 spiro atoms. The van der Waals surface area contributed by atoms with Crippen LogP contribution in [0.4, 0.5) is 15.0 Å². The number of carbonyl (C=O) groups is 1. The SMILES string of the molecule is CN(C)c1nc(Cc2ccc(F)cc2)nc2c1CCN(C(=O)O)CC2. The summed E-state index contributed by atoms with van der Waals surface area (Å²) in [6, 6.07) is 6.31. The van der Waals surface area contributed by atoms with Crippen molar-refractivity contribution in [1.29, 1.82) is 0 Å². The van der Waals surface area contributed by atoms with E-state index in [-0.39, 0.29) is 5.82 Å². The first-order chi connectivity index (χ1) is 11.9. The van der Waals surface area contributed by atoms with Gasteiger partial charge >= 0.3 is 6.09 Å². The number of amides is 1. The molecule has 0 saturated heterocycles. The molecule has 7 heteroatoms. The third-order valence-electron chi connectivity index (χ3n) is 4.34. The highest BCUT2D eigenvalue weighted by molar-refractivity contribution is 5.65. The zero-order chi connectivity index (χ0) is 18.0. The van der Waals surface area contributed by atoms with Crippen molar-refractivity contribution in [3.8, 4) is 0 Å². The smallest absolute Gasteiger partial charge is 0.407 e. The van der Waals surface area contributed by atoms with Crippen molar-refractivity contribution in [2.45, 2.75) is 19.3 Å². The van der Waals surface area contributed by atoms with E-state index in [2.05, 4.69) is 9.97 Å². The minimum absolute atomic E-state index is 0.269. The third-order valence-corrected chi connectivity index (χ3v) is 4.34. The van der Waals surface area contributed by atoms with Gasteiger partial charge in [-0.2, -0.15) is 0 Å². The van der Waals surface area contributed by atoms with Gasteiger partial charge in [0.2, 0.25) is 0 Å². The number of carboxylic acid groups (broad SMARTS) is 1. The number of fused-ring (bicyclic) bond motifs is 1. The lowest BCUT2D eigenvalue weighted by molar-refractivity contribution is 0.147. The van der Waals surface area contributed by atoms with Crippen LogP contribution in [0.1, 0.15) is 22.6 Å². The summed E-state index contributed by atoms with van der Waals surface area (Å²) in [6.07, 6.45) is 0.781. The maximum atomic E-state index is 13.1. The predicted octanol–water partition coefficient (Wildman–Crippen LogP) is 2.35. The molecule has 2 heterocycles. The van der Waals surface area contributed by atoms with Crippen molar-refractivity contribution in [1.82, 2.24) is 14.9 Å². The van der Waals surface area contributed by atoms with Crippen LogP contribution in [0.2, 0.25) is 0 Å². The Balaban J connectivity index is 1.93. The summed E-state index contributed by atoms with van der Waals surface area (Å²) < 4.78 is 13.1. The van der Waals surface area contributed by atoms with Gasteiger partial charge in [-0.25, -0.2) is 19.2 Å². The quantitative estimate of drug-likeness (QED) is 0.926. The van der Waals surface area contributed by atoms with Crippen LogP contribution >= 0.6 is 0 Å². The van der Waals surface area contributed by atoms with Gasteiger partial charge in [-0.15, -0.1) is 0 Å². The molecule has 1 N–H and O–H groups in total. The molecule has 1 aromatic carbocycles. The first kappa shape index (κ1) is 17.1. The van der Waals surface area contributed by atoms with Gasteiger partial charge in [-0.05, 0) is 24.1 Å². The van der Waals surface area contributed by atoms with E-state index < -0.39 is 6.09 Å². The Labute approximate surface area is 145 Å². The average Bonchev–Trinajstić information content (AvgIpc) is 2.79. The number of anilines is 1. The van der Waals surface area contributed by atoms with E-state index in [0.29, 0.717) is 38.2 Å². The summed E-state index contributed by atoms with van der Waals surface area (Å²) in [7, 11) is 3.84. The zero-order valence-corrected chi connectivity index (χ0v) is 14.4. The Morgan fingerprint density at radius 2 is 1.88 bits per heavy atom. The Kier molecular flexibility index (Phi) is 4.83. The summed E-state index contributed by atoms with van der Waals surface area (Å²) >= 11 is 0. The van der Waals surface area contributed by atoms with Crippen LogP contribution in [-0.4, -0.2) is 53.3 Å². The van der Waals surface area contributed by atoms with Gasteiger partial charge in [0.1, 0.15) is 17.5 Å². The van der Waals surface area contributed by atoms with Crippen molar-refractivity contribution >= 4 is 11.9 Å². The topological polar surface area (TPSA) is 69.6 Å². The van der Waals surface area contributed by atoms with Crippen molar-refractivity contribution < 1.29 is 14.3 Å². The van der Waals surface area contributed by atoms with Gasteiger partial charge in [-0.3, -0.25) is 0 Å². The van der Waals surface area contributed by atoms with Gasteiger partial charge in [0.05, 0.1) is 5.69 Å². The molecule has 0 fully saturated rings. The second-order valence-electron chi connectivity index (χ2n) is 6.36. The predicted molar refractivity (Wildman–Crippen MR) is 92.6 cm³/mol. The number of hydrogen-bond acceptors (Lipinski definition) is 4. The largest absolute Gasteiger partial charge is 0.465 e. The molecule has 0 unspecified atom stereocenters. The molecule has 0 bridgehead atoms. The van der Waals surface area contributed by atoms with Crippen molar-refractivity contribution in [3.63, 3.8) is 0 Å². The van der Waals surface area contributed by atoms with Crippen LogP contribution in [-0.2, 0) is 19.3 Å². The van der Waals surface area contributed by atoms with Crippen molar-refractivity contribution in [2.75, 3.05) is 32.1 Å². The van der Waals surface area contributed by atoms with E-state index in [1.165, 1.54) is 17.0 Å². The molecule has 1 amide bonds. The van der Waals surface area contributed by atoms with Gasteiger partial charge in [-0.1, -0.05) is 12.1 Å². The first-order valence-corrected chi connectivity index (χ1v) is 8.22. The number of rotatable bonds is 3. The highest BCUT2D eigenvalue weighted by atomic mass is 19.1. The van der Waals surface area contributed by atoms with Gasteiger partial charge in [0, 0.05) is 45.6 Å².